The molecule has 1 saturated heterocycles. The minimum absolute atomic E-state index is 0.0745. The lowest BCUT2D eigenvalue weighted by molar-refractivity contribution is 0.0693. The van der Waals surface area contributed by atoms with E-state index in [1.54, 1.807) is 4.90 Å². The van der Waals surface area contributed by atoms with Gasteiger partial charge in [-0.15, -0.1) is 0 Å². The number of rotatable bonds is 4. The highest BCUT2D eigenvalue weighted by Crippen LogP contribution is 2.28. The zero-order valence-corrected chi connectivity index (χ0v) is 11.5. The second kappa shape index (κ2) is 6.45. The number of aliphatic hydroxyl groups excluding tert-OH is 1. The molecule has 1 aromatic rings. The van der Waals surface area contributed by atoms with Gasteiger partial charge in [-0.2, -0.15) is 0 Å². The molecule has 7 nitrogen and oxygen atoms in total. The Hall–Kier alpha value is -2.28. The molecule has 114 valence electrons. The fourth-order valence-electron chi connectivity index (χ4n) is 2.45. The Morgan fingerprint density at radius 2 is 2.14 bits per heavy atom. The van der Waals surface area contributed by atoms with E-state index in [4.69, 9.17) is 10.2 Å². The van der Waals surface area contributed by atoms with E-state index in [0.29, 0.717) is 19.5 Å². The van der Waals surface area contributed by atoms with Crippen molar-refractivity contribution in [1.29, 1.82) is 0 Å². The molecule has 1 atom stereocenters. The second-order valence-electron chi connectivity index (χ2n) is 5.05. The van der Waals surface area contributed by atoms with Gasteiger partial charge in [0.15, 0.2) is 5.75 Å². The summed E-state index contributed by atoms with van der Waals surface area (Å²) in [7, 11) is 0. The normalized spacial score (nSPS) is 17.8. The molecule has 1 unspecified atom stereocenters. The summed E-state index contributed by atoms with van der Waals surface area (Å²) in [5.41, 5.74) is -0.183. The van der Waals surface area contributed by atoms with Crippen LogP contribution in [0, 0.1) is 5.92 Å². The Balaban J connectivity index is 2.04. The minimum Gasteiger partial charge on any atom is -0.505 e. The molecule has 1 aliphatic rings. The van der Waals surface area contributed by atoms with E-state index in [-0.39, 0.29) is 29.8 Å². The quantitative estimate of drug-likeness (QED) is 0.626. The van der Waals surface area contributed by atoms with Crippen LogP contribution in [-0.2, 0) is 0 Å². The van der Waals surface area contributed by atoms with Crippen molar-refractivity contribution in [3.8, 4) is 5.75 Å². The molecule has 2 amide bonds. The predicted octanol–water partition coefficient (Wildman–Crippen LogP) is 1.33. The molecular formula is C14H18N2O5. The lowest BCUT2D eigenvalue weighted by Gasteiger charge is -2.18. The summed E-state index contributed by atoms with van der Waals surface area (Å²) in [5, 5.41) is 30.2. The van der Waals surface area contributed by atoms with Gasteiger partial charge >= 0.3 is 12.0 Å². The molecule has 0 aliphatic carbocycles. The third-order valence-electron chi connectivity index (χ3n) is 3.62. The smallest absolute Gasteiger partial charge is 0.339 e. The van der Waals surface area contributed by atoms with Gasteiger partial charge in [0.1, 0.15) is 5.56 Å². The van der Waals surface area contributed by atoms with E-state index >= 15 is 0 Å². The average molecular weight is 294 g/mol. The van der Waals surface area contributed by atoms with Gasteiger partial charge in [-0.05, 0) is 30.9 Å². The van der Waals surface area contributed by atoms with Gasteiger partial charge in [-0.25, -0.2) is 9.59 Å². The standard InChI is InChI=1S/C14H18N2O5/c17-7-5-9-4-6-16(8-9)14(21)15-11-3-1-2-10(12(11)18)13(19)20/h1-3,9,17-18H,4-8H2,(H,15,21)(H,19,20). The highest BCUT2D eigenvalue weighted by molar-refractivity contribution is 5.97. The van der Waals surface area contributed by atoms with Crippen molar-refractivity contribution < 1.29 is 24.9 Å². The molecule has 2 rings (SSSR count). The number of aromatic hydroxyl groups is 1. The van der Waals surface area contributed by atoms with E-state index in [1.165, 1.54) is 18.2 Å². The summed E-state index contributed by atoms with van der Waals surface area (Å²) in [5.74, 6) is -1.43. The van der Waals surface area contributed by atoms with Crippen LogP contribution in [0.5, 0.6) is 5.75 Å². The number of nitrogens with zero attached hydrogens (tertiary/aromatic N) is 1. The highest BCUT2D eigenvalue weighted by atomic mass is 16.4. The summed E-state index contributed by atoms with van der Waals surface area (Å²) >= 11 is 0. The second-order valence-corrected chi connectivity index (χ2v) is 5.05. The number of aromatic carboxylic acids is 1. The fourth-order valence-corrected chi connectivity index (χ4v) is 2.45. The van der Waals surface area contributed by atoms with Crippen LogP contribution in [0.4, 0.5) is 10.5 Å². The number of phenols is 1. The summed E-state index contributed by atoms with van der Waals surface area (Å²) in [4.78, 5) is 24.6. The highest BCUT2D eigenvalue weighted by Gasteiger charge is 2.26. The monoisotopic (exact) mass is 294 g/mol. The van der Waals surface area contributed by atoms with Crippen LogP contribution >= 0.6 is 0 Å². The van der Waals surface area contributed by atoms with Crippen LogP contribution in [0.15, 0.2) is 18.2 Å². The van der Waals surface area contributed by atoms with Crippen molar-refractivity contribution >= 4 is 17.7 Å². The number of hydrogen-bond donors (Lipinski definition) is 4. The first-order chi connectivity index (χ1) is 10.0. The zero-order chi connectivity index (χ0) is 15.4. The van der Waals surface area contributed by atoms with Gasteiger partial charge in [0.05, 0.1) is 5.69 Å². The van der Waals surface area contributed by atoms with Gasteiger partial charge in [0.2, 0.25) is 0 Å². The van der Waals surface area contributed by atoms with Gasteiger partial charge in [-0.3, -0.25) is 0 Å². The van der Waals surface area contributed by atoms with Crippen LogP contribution in [-0.4, -0.2) is 51.9 Å². The Labute approximate surface area is 121 Å². The van der Waals surface area contributed by atoms with Crippen molar-refractivity contribution in [2.45, 2.75) is 12.8 Å². The van der Waals surface area contributed by atoms with E-state index < -0.39 is 11.7 Å². The molecular weight excluding hydrogens is 276 g/mol. The van der Waals surface area contributed by atoms with Crippen LogP contribution in [0.3, 0.4) is 0 Å². The number of benzene rings is 1. The third-order valence-corrected chi connectivity index (χ3v) is 3.62. The number of likely N-dealkylation sites (tertiary alicyclic amines) is 1. The first-order valence-corrected chi connectivity index (χ1v) is 6.75. The molecule has 0 bridgehead atoms. The number of urea groups is 1. The van der Waals surface area contributed by atoms with E-state index in [0.717, 1.165) is 6.42 Å². The number of amides is 2. The van der Waals surface area contributed by atoms with E-state index in [1.807, 2.05) is 0 Å². The third kappa shape index (κ3) is 3.43. The number of carbonyl (C=O) groups is 2. The van der Waals surface area contributed by atoms with Crippen LogP contribution in [0.1, 0.15) is 23.2 Å². The van der Waals surface area contributed by atoms with Gasteiger partial charge in [0, 0.05) is 19.7 Å². The van der Waals surface area contributed by atoms with Crippen molar-refractivity contribution in [2.24, 2.45) is 5.92 Å². The molecule has 1 aliphatic heterocycles. The minimum atomic E-state index is -1.26. The van der Waals surface area contributed by atoms with Gasteiger partial charge in [-0.1, -0.05) is 6.07 Å². The number of hydrogen-bond acceptors (Lipinski definition) is 4. The molecule has 1 aromatic carbocycles. The first kappa shape index (κ1) is 15.1. The van der Waals surface area contributed by atoms with Crippen molar-refractivity contribution in [3.63, 3.8) is 0 Å². The van der Waals surface area contributed by atoms with Crippen LogP contribution < -0.4 is 5.32 Å². The first-order valence-electron chi connectivity index (χ1n) is 6.75. The van der Waals surface area contributed by atoms with E-state index in [9.17, 15) is 14.7 Å². The van der Waals surface area contributed by atoms with Crippen LogP contribution in [0.25, 0.3) is 0 Å². The summed E-state index contributed by atoms with van der Waals surface area (Å²) in [6, 6.07) is 3.78. The maximum Gasteiger partial charge on any atom is 0.339 e. The fraction of sp³-hybridized carbons (Fsp3) is 0.429. The molecule has 1 heterocycles. The number of aliphatic hydroxyl groups is 1. The Bertz CT molecular complexity index is 546. The van der Waals surface area contributed by atoms with Crippen LogP contribution in [0.2, 0.25) is 0 Å². The largest absolute Gasteiger partial charge is 0.505 e. The summed E-state index contributed by atoms with van der Waals surface area (Å²) < 4.78 is 0. The molecule has 0 spiro atoms. The predicted molar refractivity (Wildman–Crippen MR) is 75.5 cm³/mol. The van der Waals surface area contributed by atoms with Crippen molar-refractivity contribution in [3.05, 3.63) is 23.8 Å². The zero-order valence-electron chi connectivity index (χ0n) is 11.5. The number of para-hydroxylation sites is 1. The molecule has 4 N–H and O–H groups in total. The number of carboxylic acid groups (broad SMARTS) is 1. The molecule has 0 saturated carbocycles. The van der Waals surface area contributed by atoms with Gasteiger partial charge < -0.3 is 25.5 Å². The Morgan fingerprint density at radius 3 is 2.81 bits per heavy atom. The molecule has 1 fully saturated rings. The summed E-state index contributed by atoms with van der Waals surface area (Å²) in [6.45, 7) is 1.23. The Kier molecular flexibility index (Phi) is 4.64. The van der Waals surface area contributed by atoms with Crippen molar-refractivity contribution in [2.75, 3.05) is 25.0 Å². The molecule has 21 heavy (non-hydrogen) atoms. The maximum atomic E-state index is 12.1. The molecule has 0 radical (unpaired) electrons. The Morgan fingerprint density at radius 1 is 1.38 bits per heavy atom. The SMILES string of the molecule is O=C(O)c1cccc(NC(=O)N2CCC(CCO)C2)c1O. The lowest BCUT2D eigenvalue weighted by atomic mass is 10.1. The number of carbonyl (C=O) groups excluding carboxylic acids is 1. The summed E-state index contributed by atoms with van der Waals surface area (Å²) in [6.07, 6.45) is 1.48. The van der Waals surface area contributed by atoms with Gasteiger partial charge in [0.25, 0.3) is 0 Å². The molecule has 7 heteroatoms. The maximum absolute atomic E-state index is 12.1. The average Bonchev–Trinajstić information content (AvgIpc) is 2.90. The molecule has 0 aromatic heterocycles. The lowest BCUT2D eigenvalue weighted by Crippen LogP contribution is -2.33. The number of carboxylic acids is 1. The van der Waals surface area contributed by atoms with Crippen molar-refractivity contribution in [1.82, 2.24) is 4.90 Å². The number of nitrogens with one attached hydrogen (secondary N) is 1. The van der Waals surface area contributed by atoms with E-state index in [2.05, 4.69) is 5.32 Å². The number of anilines is 1. The topological polar surface area (TPSA) is 110 Å².